The van der Waals surface area contributed by atoms with E-state index in [2.05, 4.69) is 11.1 Å². The van der Waals surface area contributed by atoms with Gasteiger partial charge in [0.1, 0.15) is 6.42 Å². The number of rotatable bonds is 1. The lowest BCUT2D eigenvalue weighted by Gasteiger charge is -2.12. The van der Waals surface area contributed by atoms with Gasteiger partial charge < -0.3 is 4.90 Å². The highest BCUT2D eigenvalue weighted by Crippen LogP contribution is 2.25. The molecule has 0 spiro atoms. The van der Waals surface area contributed by atoms with E-state index in [9.17, 15) is 4.79 Å². The normalized spacial score (nSPS) is 13.4. The molecule has 3 rings (SSSR count). The Hall–Kier alpha value is -2.41. The van der Waals surface area contributed by atoms with E-state index in [1.165, 1.54) is 0 Å². The number of fused-ring (bicyclic) bond motifs is 2. The molecule has 0 radical (unpaired) electrons. The number of carbonyl (C=O) groups excluding carboxylic acids is 1. The number of pyridine rings is 1. The first-order chi connectivity index (χ1) is 8.78. The summed E-state index contributed by atoms with van der Waals surface area (Å²) < 4.78 is 0. The molecule has 2 heterocycles. The molecule has 0 bridgehead atoms. The second-order valence-electron chi connectivity index (χ2n) is 4.37. The number of hydrogen-bond donors (Lipinski definition) is 0. The van der Waals surface area contributed by atoms with E-state index in [1.807, 2.05) is 30.3 Å². The second kappa shape index (κ2) is 4.11. The first kappa shape index (κ1) is 10.7. The average molecular weight is 237 g/mol. The van der Waals surface area contributed by atoms with Crippen LogP contribution < -0.4 is 0 Å². The predicted octanol–water partition coefficient (Wildman–Crippen LogP) is 1.99. The molecule has 1 amide bonds. The van der Waals surface area contributed by atoms with E-state index >= 15 is 0 Å². The summed E-state index contributed by atoms with van der Waals surface area (Å²) in [6.45, 7) is 1.08. The van der Waals surface area contributed by atoms with Crippen molar-refractivity contribution >= 4 is 16.8 Å². The fourth-order valence-corrected chi connectivity index (χ4v) is 2.27. The van der Waals surface area contributed by atoms with Crippen LogP contribution in [0.1, 0.15) is 17.7 Å². The molecule has 0 unspecified atom stereocenters. The van der Waals surface area contributed by atoms with Crippen molar-refractivity contribution in [3.05, 3.63) is 41.6 Å². The van der Waals surface area contributed by atoms with Crippen molar-refractivity contribution in [2.24, 2.45) is 0 Å². The maximum absolute atomic E-state index is 11.7. The molecular weight excluding hydrogens is 226 g/mol. The Morgan fingerprint density at radius 3 is 3.06 bits per heavy atom. The highest BCUT2D eigenvalue weighted by molar-refractivity contribution is 5.82. The Balaban J connectivity index is 1.96. The number of aromatic nitrogens is 1. The van der Waals surface area contributed by atoms with E-state index in [0.29, 0.717) is 13.1 Å². The second-order valence-corrected chi connectivity index (χ2v) is 4.37. The zero-order valence-corrected chi connectivity index (χ0v) is 9.76. The van der Waals surface area contributed by atoms with Crippen LogP contribution in [0.2, 0.25) is 0 Å². The van der Waals surface area contributed by atoms with Crippen LogP contribution in [0.25, 0.3) is 10.9 Å². The van der Waals surface area contributed by atoms with Crippen LogP contribution in [0.3, 0.4) is 0 Å². The van der Waals surface area contributed by atoms with Gasteiger partial charge in [0.2, 0.25) is 5.91 Å². The van der Waals surface area contributed by atoms with Crippen molar-refractivity contribution in [3.63, 3.8) is 0 Å². The van der Waals surface area contributed by atoms with Crippen molar-refractivity contribution in [2.75, 3.05) is 0 Å². The van der Waals surface area contributed by atoms with Crippen molar-refractivity contribution in [3.8, 4) is 6.07 Å². The molecule has 2 aromatic rings. The molecule has 0 N–H and O–H groups in total. The predicted molar refractivity (Wildman–Crippen MR) is 66.2 cm³/mol. The fourth-order valence-electron chi connectivity index (χ4n) is 2.27. The lowest BCUT2D eigenvalue weighted by Crippen LogP contribution is -2.24. The van der Waals surface area contributed by atoms with Crippen LogP contribution in [0.4, 0.5) is 0 Å². The molecule has 0 atom stereocenters. The summed E-state index contributed by atoms with van der Waals surface area (Å²) in [7, 11) is 0. The zero-order valence-electron chi connectivity index (χ0n) is 9.76. The smallest absolute Gasteiger partial charge is 0.237 e. The largest absolute Gasteiger partial charge is 0.331 e. The molecule has 0 saturated carbocycles. The minimum atomic E-state index is -0.125. The van der Waals surface area contributed by atoms with Gasteiger partial charge in [-0.3, -0.25) is 9.78 Å². The Kier molecular flexibility index (Phi) is 2.45. The van der Waals surface area contributed by atoms with Crippen LogP contribution in [0.15, 0.2) is 30.3 Å². The lowest BCUT2D eigenvalue weighted by molar-refractivity contribution is -0.130. The van der Waals surface area contributed by atoms with Crippen LogP contribution in [-0.4, -0.2) is 15.8 Å². The molecule has 4 nitrogen and oxygen atoms in total. The van der Waals surface area contributed by atoms with E-state index in [4.69, 9.17) is 5.26 Å². The first-order valence-electron chi connectivity index (χ1n) is 5.80. The third-order valence-electron chi connectivity index (χ3n) is 3.18. The number of para-hydroxylation sites is 1. The first-order valence-corrected chi connectivity index (χ1v) is 5.80. The number of amides is 1. The third kappa shape index (κ3) is 1.70. The molecular formula is C14H11N3O. The van der Waals surface area contributed by atoms with Crippen LogP contribution in [0.5, 0.6) is 0 Å². The van der Waals surface area contributed by atoms with E-state index in [0.717, 1.165) is 22.2 Å². The summed E-state index contributed by atoms with van der Waals surface area (Å²) in [5, 5.41) is 9.64. The van der Waals surface area contributed by atoms with Gasteiger partial charge in [-0.25, -0.2) is 0 Å². The maximum atomic E-state index is 11.7. The molecule has 1 aromatic heterocycles. The zero-order chi connectivity index (χ0) is 12.5. The molecule has 0 aliphatic carbocycles. The van der Waals surface area contributed by atoms with Crippen LogP contribution in [-0.2, 0) is 17.9 Å². The monoisotopic (exact) mass is 237 g/mol. The number of nitriles is 1. The van der Waals surface area contributed by atoms with E-state index in [-0.39, 0.29) is 12.3 Å². The van der Waals surface area contributed by atoms with Gasteiger partial charge in [-0.1, -0.05) is 18.2 Å². The van der Waals surface area contributed by atoms with Crippen LogP contribution >= 0.6 is 0 Å². The van der Waals surface area contributed by atoms with Gasteiger partial charge in [-0.05, 0) is 17.7 Å². The minimum absolute atomic E-state index is 0.0620. The molecule has 0 saturated heterocycles. The van der Waals surface area contributed by atoms with Crippen LogP contribution in [0, 0.1) is 11.3 Å². The molecule has 88 valence electrons. The molecule has 18 heavy (non-hydrogen) atoms. The Labute approximate surface area is 104 Å². The summed E-state index contributed by atoms with van der Waals surface area (Å²) in [4.78, 5) is 17.9. The van der Waals surface area contributed by atoms with Crippen molar-refractivity contribution < 1.29 is 4.79 Å². The Morgan fingerprint density at radius 2 is 2.22 bits per heavy atom. The number of benzene rings is 1. The number of carbonyl (C=O) groups is 1. The lowest BCUT2D eigenvalue weighted by atomic mass is 10.1. The van der Waals surface area contributed by atoms with Gasteiger partial charge in [0, 0.05) is 11.9 Å². The van der Waals surface area contributed by atoms with Gasteiger partial charge >= 0.3 is 0 Å². The van der Waals surface area contributed by atoms with E-state index < -0.39 is 0 Å². The number of hydrogen-bond acceptors (Lipinski definition) is 3. The minimum Gasteiger partial charge on any atom is -0.331 e. The molecule has 4 heteroatoms. The van der Waals surface area contributed by atoms with Gasteiger partial charge in [0.25, 0.3) is 0 Å². The topological polar surface area (TPSA) is 57.0 Å². The average Bonchev–Trinajstić information content (AvgIpc) is 2.79. The highest BCUT2D eigenvalue weighted by atomic mass is 16.2. The summed E-state index contributed by atoms with van der Waals surface area (Å²) in [6.07, 6.45) is -0.0620. The molecule has 0 fully saturated rings. The number of nitrogens with zero attached hydrogens (tertiary/aromatic N) is 3. The van der Waals surface area contributed by atoms with E-state index in [1.54, 1.807) is 4.90 Å². The van der Waals surface area contributed by atoms with Crippen molar-refractivity contribution in [2.45, 2.75) is 19.5 Å². The summed E-state index contributed by atoms with van der Waals surface area (Å²) >= 11 is 0. The van der Waals surface area contributed by atoms with Gasteiger partial charge in [0.15, 0.2) is 0 Å². The SMILES string of the molecule is N#CCC(=O)N1Cc2cc3ccccc3nc2C1. The molecule has 1 aliphatic rings. The van der Waals surface area contributed by atoms with Gasteiger partial charge in [-0.2, -0.15) is 5.26 Å². The van der Waals surface area contributed by atoms with Crippen molar-refractivity contribution in [1.82, 2.24) is 9.88 Å². The molecule has 1 aromatic carbocycles. The third-order valence-corrected chi connectivity index (χ3v) is 3.18. The highest BCUT2D eigenvalue weighted by Gasteiger charge is 2.24. The van der Waals surface area contributed by atoms with Gasteiger partial charge in [0.05, 0.1) is 23.8 Å². The molecule has 1 aliphatic heterocycles. The Morgan fingerprint density at radius 1 is 1.39 bits per heavy atom. The summed E-state index contributed by atoms with van der Waals surface area (Å²) in [6, 6.07) is 11.9. The fraction of sp³-hybridized carbons (Fsp3) is 0.214. The quantitative estimate of drug-likeness (QED) is 0.762. The van der Waals surface area contributed by atoms with Gasteiger partial charge in [-0.15, -0.1) is 0 Å². The summed E-state index contributed by atoms with van der Waals surface area (Å²) in [5.41, 5.74) is 2.98. The Bertz CT molecular complexity index is 628. The standard InChI is InChI=1S/C14H11N3O/c15-6-5-14(18)17-8-11-7-10-3-1-2-4-12(10)16-13(11)9-17/h1-4,7H,5,8-9H2. The van der Waals surface area contributed by atoms with Crippen molar-refractivity contribution in [1.29, 1.82) is 5.26 Å². The summed E-state index contributed by atoms with van der Waals surface area (Å²) in [5.74, 6) is -0.125. The maximum Gasteiger partial charge on any atom is 0.237 e.